The van der Waals surface area contributed by atoms with Gasteiger partial charge in [-0.25, -0.2) is 5.43 Å². The summed E-state index contributed by atoms with van der Waals surface area (Å²) in [5.41, 5.74) is 3.67. The van der Waals surface area contributed by atoms with Crippen molar-refractivity contribution >= 4 is 23.7 Å². The normalized spacial score (nSPS) is 10.9. The number of amides is 1. The SMILES string of the molecule is CCOc1ccc(C(=O)N/N=C\c2cc(Cl)ccc2OC(C)C)cc1. The Balaban J connectivity index is 2.04. The van der Waals surface area contributed by atoms with Crippen LogP contribution in [0.5, 0.6) is 11.5 Å². The summed E-state index contributed by atoms with van der Waals surface area (Å²) >= 11 is 6.01. The van der Waals surface area contributed by atoms with Crippen molar-refractivity contribution in [1.29, 1.82) is 0 Å². The van der Waals surface area contributed by atoms with E-state index in [0.717, 1.165) is 5.75 Å². The molecule has 1 amide bonds. The minimum Gasteiger partial charge on any atom is -0.494 e. The van der Waals surface area contributed by atoms with Gasteiger partial charge in [0.05, 0.1) is 18.9 Å². The second-order valence-corrected chi connectivity index (χ2v) is 5.94. The summed E-state index contributed by atoms with van der Waals surface area (Å²) in [5, 5.41) is 4.56. The van der Waals surface area contributed by atoms with Crippen molar-refractivity contribution in [3.05, 3.63) is 58.6 Å². The summed E-state index contributed by atoms with van der Waals surface area (Å²) in [7, 11) is 0. The second-order valence-electron chi connectivity index (χ2n) is 5.51. The van der Waals surface area contributed by atoms with Crippen LogP contribution < -0.4 is 14.9 Å². The molecular formula is C19H21ClN2O3. The highest BCUT2D eigenvalue weighted by Gasteiger charge is 2.07. The molecule has 0 atom stereocenters. The van der Waals surface area contributed by atoms with E-state index in [1.807, 2.05) is 20.8 Å². The van der Waals surface area contributed by atoms with Gasteiger partial charge in [-0.3, -0.25) is 4.79 Å². The highest BCUT2D eigenvalue weighted by Crippen LogP contribution is 2.22. The molecule has 1 N–H and O–H groups in total. The Bertz CT molecular complexity index is 743. The number of carbonyl (C=O) groups is 1. The Labute approximate surface area is 152 Å². The van der Waals surface area contributed by atoms with E-state index in [4.69, 9.17) is 21.1 Å². The highest BCUT2D eigenvalue weighted by atomic mass is 35.5. The molecule has 5 nitrogen and oxygen atoms in total. The molecule has 0 spiro atoms. The van der Waals surface area contributed by atoms with Gasteiger partial charge in [0.1, 0.15) is 11.5 Å². The maximum absolute atomic E-state index is 12.1. The summed E-state index contributed by atoms with van der Waals surface area (Å²) in [6.45, 7) is 6.35. The third-order valence-corrected chi connectivity index (χ3v) is 3.37. The molecule has 25 heavy (non-hydrogen) atoms. The number of ether oxygens (including phenoxy) is 2. The van der Waals surface area contributed by atoms with E-state index in [1.54, 1.807) is 42.5 Å². The van der Waals surface area contributed by atoms with E-state index in [2.05, 4.69) is 10.5 Å². The lowest BCUT2D eigenvalue weighted by atomic mass is 10.2. The van der Waals surface area contributed by atoms with Gasteiger partial charge < -0.3 is 9.47 Å². The fraction of sp³-hybridized carbons (Fsp3) is 0.263. The number of benzene rings is 2. The average molecular weight is 361 g/mol. The van der Waals surface area contributed by atoms with Gasteiger partial charge in [0.25, 0.3) is 5.91 Å². The summed E-state index contributed by atoms with van der Waals surface area (Å²) in [4.78, 5) is 12.1. The van der Waals surface area contributed by atoms with Crippen molar-refractivity contribution in [2.24, 2.45) is 5.10 Å². The van der Waals surface area contributed by atoms with Crippen LogP contribution >= 0.6 is 11.6 Å². The molecule has 0 saturated heterocycles. The van der Waals surface area contributed by atoms with E-state index >= 15 is 0 Å². The summed E-state index contributed by atoms with van der Waals surface area (Å²) in [6, 6.07) is 12.1. The number of rotatable bonds is 7. The van der Waals surface area contributed by atoms with E-state index in [0.29, 0.717) is 28.5 Å². The van der Waals surface area contributed by atoms with Crippen LogP contribution in [0.1, 0.15) is 36.7 Å². The van der Waals surface area contributed by atoms with Gasteiger partial charge in [0.2, 0.25) is 0 Å². The zero-order valence-corrected chi connectivity index (χ0v) is 15.2. The minimum absolute atomic E-state index is 0.0202. The van der Waals surface area contributed by atoms with Crippen LogP contribution in [0.4, 0.5) is 0 Å². The number of carbonyl (C=O) groups excluding carboxylic acids is 1. The molecule has 0 aliphatic rings. The Morgan fingerprint density at radius 3 is 2.60 bits per heavy atom. The lowest BCUT2D eigenvalue weighted by molar-refractivity contribution is 0.0955. The Hall–Kier alpha value is -2.53. The van der Waals surface area contributed by atoms with Crippen LogP contribution in [0, 0.1) is 0 Å². The van der Waals surface area contributed by atoms with Gasteiger partial charge in [0, 0.05) is 16.1 Å². The van der Waals surface area contributed by atoms with Gasteiger partial charge in [0.15, 0.2) is 0 Å². The average Bonchev–Trinajstić information content (AvgIpc) is 2.57. The largest absolute Gasteiger partial charge is 0.494 e. The van der Waals surface area contributed by atoms with Crippen molar-refractivity contribution in [2.75, 3.05) is 6.61 Å². The standard InChI is InChI=1S/C19H21ClN2O3/c1-4-24-17-8-5-14(6-9-17)19(23)22-21-12-15-11-16(20)7-10-18(15)25-13(2)3/h5-13H,4H2,1-3H3,(H,22,23)/b21-12-. The first-order chi connectivity index (χ1) is 12.0. The van der Waals surface area contributed by atoms with Crippen molar-refractivity contribution in [2.45, 2.75) is 26.9 Å². The molecule has 0 heterocycles. The topological polar surface area (TPSA) is 59.9 Å². The van der Waals surface area contributed by atoms with Crippen molar-refractivity contribution < 1.29 is 14.3 Å². The maximum atomic E-state index is 12.1. The van der Waals surface area contributed by atoms with Gasteiger partial charge in [-0.05, 0) is 63.2 Å². The van der Waals surface area contributed by atoms with Crippen LogP contribution in [0.3, 0.4) is 0 Å². The molecule has 0 radical (unpaired) electrons. The van der Waals surface area contributed by atoms with E-state index < -0.39 is 0 Å². The molecule has 2 aromatic rings. The molecule has 2 aromatic carbocycles. The Morgan fingerprint density at radius 2 is 1.96 bits per heavy atom. The molecule has 0 unspecified atom stereocenters. The summed E-state index contributed by atoms with van der Waals surface area (Å²) in [6.07, 6.45) is 1.53. The molecule has 2 rings (SSSR count). The third kappa shape index (κ3) is 5.80. The second kappa shape index (κ2) is 9.08. The predicted molar refractivity (Wildman–Crippen MR) is 99.9 cm³/mol. The Morgan fingerprint density at radius 1 is 1.24 bits per heavy atom. The first-order valence-electron chi connectivity index (χ1n) is 8.02. The van der Waals surface area contributed by atoms with Crippen LogP contribution in [0.15, 0.2) is 47.6 Å². The molecule has 132 valence electrons. The number of halogens is 1. The first kappa shape index (κ1) is 18.8. The number of nitrogens with zero attached hydrogens (tertiary/aromatic N) is 1. The fourth-order valence-corrected chi connectivity index (χ4v) is 2.26. The quantitative estimate of drug-likeness (QED) is 0.592. The van der Waals surface area contributed by atoms with Crippen LogP contribution in [0.25, 0.3) is 0 Å². The molecule has 0 aliphatic carbocycles. The van der Waals surface area contributed by atoms with Crippen LogP contribution in [-0.4, -0.2) is 24.8 Å². The molecule has 0 fully saturated rings. The van der Waals surface area contributed by atoms with Crippen LogP contribution in [0.2, 0.25) is 5.02 Å². The first-order valence-corrected chi connectivity index (χ1v) is 8.40. The lowest BCUT2D eigenvalue weighted by Gasteiger charge is -2.12. The zero-order valence-electron chi connectivity index (χ0n) is 14.5. The summed E-state index contributed by atoms with van der Waals surface area (Å²) < 4.78 is 11.0. The molecule has 0 bridgehead atoms. The lowest BCUT2D eigenvalue weighted by Crippen LogP contribution is -2.17. The van der Waals surface area contributed by atoms with Gasteiger partial charge in [-0.15, -0.1) is 0 Å². The maximum Gasteiger partial charge on any atom is 0.271 e. The van der Waals surface area contributed by atoms with Crippen molar-refractivity contribution in [3.8, 4) is 11.5 Å². The fourth-order valence-electron chi connectivity index (χ4n) is 2.08. The smallest absolute Gasteiger partial charge is 0.271 e. The number of hydrogen-bond acceptors (Lipinski definition) is 4. The molecule has 0 saturated carbocycles. The van der Waals surface area contributed by atoms with Crippen LogP contribution in [-0.2, 0) is 0 Å². The van der Waals surface area contributed by atoms with E-state index in [9.17, 15) is 4.79 Å². The van der Waals surface area contributed by atoms with Gasteiger partial charge >= 0.3 is 0 Å². The van der Waals surface area contributed by atoms with Gasteiger partial charge in [-0.1, -0.05) is 11.6 Å². The third-order valence-electron chi connectivity index (χ3n) is 3.13. The van der Waals surface area contributed by atoms with Crippen molar-refractivity contribution in [1.82, 2.24) is 5.43 Å². The molecule has 6 heteroatoms. The summed E-state index contributed by atoms with van der Waals surface area (Å²) in [5.74, 6) is 1.06. The number of hydrazone groups is 1. The molecular weight excluding hydrogens is 340 g/mol. The molecule has 0 aliphatic heterocycles. The van der Waals surface area contributed by atoms with Gasteiger partial charge in [-0.2, -0.15) is 5.10 Å². The monoisotopic (exact) mass is 360 g/mol. The number of nitrogens with one attached hydrogen (secondary N) is 1. The Kier molecular flexibility index (Phi) is 6.83. The van der Waals surface area contributed by atoms with E-state index in [-0.39, 0.29) is 12.0 Å². The predicted octanol–water partition coefficient (Wildman–Crippen LogP) is 4.29. The highest BCUT2D eigenvalue weighted by molar-refractivity contribution is 6.30. The van der Waals surface area contributed by atoms with E-state index in [1.165, 1.54) is 6.21 Å². The van der Waals surface area contributed by atoms with Crippen molar-refractivity contribution in [3.63, 3.8) is 0 Å². The minimum atomic E-state index is -0.312. The molecule has 0 aromatic heterocycles. The number of hydrogen-bond donors (Lipinski definition) is 1. The zero-order chi connectivity index (χ0) is 18.2.